The fourth-order valence-electron chi connectivity index (χ4n) is 3.07. The van der Waals surface area contributed by atoms with Crippen LogP contribution in [0.4, 0.5) is 10.5 Å². The lowest BCUT2D eigenvalue weighted by atomic mass is 9.91. The minimum atomic E-state index is -0.850. The smallest absolute Gasteiger partial charge is 0.321 e. The highest BCUT2D eigenvalue weighted by Crippen LogP contribution is 2.23. The molecule has 0 bridgehead atoms. The molecule has 8 nitrogen and oxygen atoms in total. The summed E-state index contributed by atoms with van der Waals surface area (Å²) in [7, 11) is 1.80. The molecule has 1 aliphatic heterocycles. The number of carbonyl (C=O) groups excluding carboxylic acids is 1. The first-order chi connectivity index (χ1) is 11.9. The molecule has 1 saturated heterocycles. The van der Waals surface area contributed by atoms with E-state index in [2.05, 4.69) is 15.4 Å². The molecule has 1 aliphatic rings. The first kappa shape index (κ1) is 16.9. The van der Waals surface area contributed by atoms with Gasteiger partial charge in [-0.05, 0) is 36.6 Å². The highest BCUT2D eigenvalue weighted by Gasteiger charge is 2.31. The number of piperidine rings is 1. The minimum Gasteiger partial charge on any atom is -0.481 e. The van der Waals surface area contributed by atoms with Crippen LogP contribution >= 0.6 is 0 Å². The van der Waals surface area contributed by atoms with Crippen molar-refractivity contribution >= 4 is 17.7 Å². The third kappa shape index (κ3) is 3.96. The largest absolute Gasteiger partial charge is 0.481 e. The second-order valence-corrected chi connectivity index (χ2v) is 6.53. The zero-order valence-electron chi connectivity index (χ0n) is 14.2. The van der Waals surface area contributed by atoms with Gasteiger partial charge in [0, 0.05) is 31.4 Å². The summed E-state index contributed by atoms with van der Waals surface area (Å²) in [6.07, 6.45) is 2.23. The molecular weight excluding hydrogens is 322 g/mol. The molecule has 2 unspecified atom stereocenters. The van der Waals surface area contributed by atoms with Crippen molar-refractivity contribution in [1.29, 1.82) is 0 Å². The zero-order chi connectivity index (χ0) is 18.0. The monoisotopic (exact) mass is 343 g/mol. The van der Waals surface area contributed by atoms with Gasteiger partial charge in [-0.2, -0.15) is 5.10 Å². The van der Waals surface area contributed by atoms with Crippen molar-refractivity contribution < 1.29 is 14.7 Å². The molecule has 2 aromatic rings. The maximum Gasteiger partial charge on any atom is 0.321 e. The summed E-state index contributed by atoms with van der Waals surface area (Å²) in [5.41, 5.74) is 1.51. The van der Waals surface area contributed by atoms with Crippen LogP contribution in [0.5, 0.6) is 0 Å². The van der Waals surface area contributed by atoms with Gasteiger partial charge in [-0.3, -0.25) is 9.48 Å². The number of urea groups is 1. The van der Waals surface area contributed by atoms with E-state index in [4.69, 9.17) is 0 Å². The number of hydrogen-bond donors (Lipinski definition) is 2. The number of aryl methyl sites for hydroxylation is 1. The summed E-state index contributed by atoms with van der Waals surface area (Å²) in [5.74, 6) is -0.573. The van der Waals surface area contributed by atoms with E-state index in [0.717, 1.165) is 5.56 Å². The Morgan fingerprint density at radius 1 is 1.24 bits per heavy atom. The van der Waals surface area contributed by atoms with Crippen molar-refractivity contribution in [2.75, 3.05) is 18.4 Å². The molecule has 132 valence electrons. The molecule has 2 heterocycles. The van der Waals surface area contributed by atoms with Crippen LogP contribution in [0.15, 0.2) is 30.6 Å². The second-order valence-electron chi connectivity index (χ2n) is 6.53. The van der Waals surface area contributed by atoms with Gasteiger partial charge in [-0.15, -0.1) is 0 Å². The lowest BCUT2D eigenvalue weighted by molar-refractivity contribution is -0.143. The van der Waals surface area contributed by atoms with Crippen LogP contribution in [0.3, 0.4) is 0 Å². The molecule has 0 radical (unpaired) electrons. The van der Waals surface area contributed by atoms with Crippen LogP contribution in [0.25, 0.3) is 11.4 Å². The van der Waals surface area contributed by atoms with Crippen LogP contribution in [-0.4, -0.2) is 49.9 Å². The van der Waals surface area contributed by atoms with Crippen molar-refractivity contribution in [2.45, 2.75) is 13.3 Å². The molecule has 1 fully saturated rings. The van der Waals surface area contributed by atoms with E-state index in [-0.39, 0.29) is 18.5 Å². The van der Waals surface area contributed by atoms with E-state index in [0.29, 0.717) is 24.5 Å². The highest BCUT2D eigenvalue weighted by atomic mass is 16.4. The number of hydrogen-bond acceptors (Lipinski definition) is 4. The molecular formula is C17H21N5O3. The Morgan fingerprint density at radius 2 is 1.96 bits per heavy atom. The molecule has 25 heavy (non-hydrogen) atoms. The van der Waals surface area contributed by atoms with E-state index in [1.54, 1.807) is 35.1 Å². The number of rotatable bonds is 3. The van der Waals surface area contributed by atoms with Gasteiger partial charge >= 0.3 is 12.0 Å². The standard InChI is InChI=1S/C17H21N5O3/c1-11-7-13(16(23)24)9-22(8-11)17(25)19-14-5-3-12(4-6-14)15-18-10-21(2)20-15/h3-6,10-11,13H,7-9H2,1-2H3,(H,19,25)(H,23,24). The van der Waals surface area contributed by atoms with Crippen molar-refractivity contribution in [2.24, 2.45) is 18.9 Å². The number of carbonyl (C=O) groups is 2. The molecule has 2 amide bonds. The molecule has 1 aromatic heterocycles. The lowest BCUT2D eigenvalue weighted by Crippen LogP contribution is -2.47. The van der Waals surface area contributed by atoms with Crippen LogP contribution in [0, 0.1) is 11.8 Å². The third-order valence-electron chi connectivity index (χ3n) is 4.29. The molecule has 0 saturated carbocycles. The summed E-state index contributed by atoms with van der Waals surface area (Å²) in [6, 6.07) is 6.96. The summed E-state index contributed by atoms with van der Waals surface area (Å²) in [5, 5.41) is 16.3. The maximum absolute atomic E-state index is 12.4. The zero-order valence-corrected chi connectivity index (χ0v) is 14.2. The quantitative estimate of drug-likeness (QED) is 0.888. The van der Waals surface area contributed by atoms with E-state index in [1.165, 1.54) is 0 Å². The fraction of sp³-hybridized carbons (Fsp3) is 0.412. The maximum atomic E-state index is 12.4. The number of nitrogens with one attached hydrogen (secondary N) is 1. The number of aromatic nitrogens is 3. The number of benzene rings is 1. The van der Waals surface area contributed by atoms with Crippen molar-refractivity contribution in [3.05, 3.63) is 30.6 Å². The fourth-order valence-corrected chi connectivity index (χ4v) is 3.07. The molecule has 2 atom stereocenters. The Morgan fingerprint density at radius 3 is 2.56 bits per heavy atom. The summed E-state index contributed by atoms with van der Waals surface area (Å²) >= 11 is 0. The van der Waals surface area contributed by atoms with Crippen LogP contribution in [0.1, 0.15) is 13.3 Å². The Bertz CT molecular complexity index is 771. The number of likely N-dealkylation sites (tertiary alicyclic amines) is 1. The third-order valence-corrected chi connectivity index (χ3v) is 4.29. The number of amides is 2. The van der Waals surface area contributed by atoms with Gasteiger partial charge in [0.15, 0.2) is 5.82 Å². The molecule has 2 N–H and O–H groups in total. The Labute approximate surface area is 145 Å². The Hall–Kier alpha value is -2.90. The average Bonchev–Trinajstić information content (AvgIpc) is 3.01. The minimum absolute atomic E-state index is 0.165. The van der Waals surface area contributed by atoms with Crippen molar-refractivity contribution in [3.63, 3.8) is 0 Å². The van der Waals surface area contributed by atoms with E-state index in [1.807, 2.05) is 19.1 Å². The first-order valence-electron chi connectivity index (χ1n) is 8.17. The SMILES string of the molecule is CC1CC(C(=O)O)CN(C(=O)Nc2ccc(-c3ncn(C)n3)cc2)C1. The summed E-state index contributed by atoms with van der Waals surface area (Å²) < 4.78 is 1.63. The highest BCUT2D eigenvalue weighted by molar-refractivity contribution is 5.90. The van der Waals surface area contributed by atoms with Gasteiger partial charge in [0.1, 0.15) is 6.33 Å². The van der Waals surface area contributed by atoms with E-state index >= 15 is 0 Å². The predicted octanol–water partition coefficient (Wildman–Crippen LogP) is 2.06. The molecule has 3 rings (SSSR count). The van der Waals surface area contributed by atoms with Crippen molar-refractivity contribution in [1.82, 2.24) is 19.7 Å². The molecule has 8 heteroatoms. The Balaban J connectivity index is 1.65. The second kappa shape index (κ2) is 6.92. The molecule has 0 spiro atoms. The van der Waals surface area contributed by atoms with Gasteiger partial charge < -0.3 is 15.3 Å². The number of anilines is 1. The predicted molar refractivity (Wildman–Crippen MR) is 91.9 cm³/mol. The van der Waals surface area contributed by atoms with Crippen molar-refractivity contribution in [3.8, 4) is 11.4 Å². The first-order valence-corrected chi connectivity index (χ1v) is 8.17. The molecule has 1 aromatic carbocycles. The number of carboxylic acid groups (broad SMARTS) is 1. The number of nitrogens with zero attached hydrogens (tertiary/aromatic N) is 4. The lowest BCUT2D eigenvalue weighted by Gasteiger charge is -2.34. The number of carboxylic acids is 1. The summed E-state index contributed by atoms with van der Waals surface area (Å²) in [4.78, 5) is 29.4. The topological polar surface area (TPSA) is 100 Å². The normalized spacial score (nSPS) is 20.3. The number of aliphatic carboxylic acids is 1. The van der Waals surface area contributed by atoms with Crippen LogP contribution in [-0.2, 0) is 11.8 Å². The Kier molecular flexibility index (Phi) is 4.69. The van der Waals surface area contributed by atoms with E-state index in [9.17, 15) is 14.7 Å². The van der Waals surface area contributed by atoms with Crippen LogP contribution in [0.2, 0.25) is 0 Å². The van der Waals surface area contributed by atoms with Gasteiger partial charge in [0.2, 0.25) is 0 Å². The van der Waals surface area contributed by atoms with Gasteiger partial charge in [0.25, 0.3) is 0 Å². The average molecular weight is 343 g/mol. The molecule has 0 aliphatic carbocycles. The summed E-state index contributed by atoms with van der Waals surface area (Å²) in [6.45, 7) is 2.76. The van der Waals surface area contributed by atoms with Gasteiger partial charge in [0.05, 0.1) is 5.92 Å². The van der Waals surface area contributed by atoms with Gasteiger partial charge in [-0.1, -0.05) is 6.92 Å². The van der Waals surface area contributed by atoms with E-state index < -0.39 is 11.9 Å². The van der Waals surface area contributed by atoms with Gasteiger partial charge in [-0.25, -0.2) is 9.78 Å². The van der Waals surface area contributed by atoms with Crippen LogP contribution < -0.4 is 5.32 Å².